The third kappa shape index (κ3) is 5.57. The van der Waals surface area contributed by atoms with Crippen molar-refractivity contribution in [2.24, 2.45) is 0 Å². The van der Waals surface area contributed by atoms with Crippen LogP contribution in [0.5, 0.6) is 11.5 Å². The van der Waals surface area contributed by atoms with Crippen LogP contribution < -0.4 is 14.8 Å². The van der Waals surface area contributed by atoms with Gasteiger partial charge in [0.1, 0.15) is 0 Å². The van der Waals surface area contributed by atoms with E-state index in [0.29, 0.717) is 0 Å². The fourth-order valence-corrected chi connectivity index (χ4v) is 2.71. The minimum absolute atomic E-state index is 0.735. The molecule has 0 heterocycles. The fraction of sp³-hybridized carbons (Fsp3) is 0.429. The summed E-state index contributed by atoms with van der Waals surface area (Å²) in [7, 11) is 1.69. The zero-order valence-corrected chi connectivity index (χ0v) is 15.1. The summed E-state index contributed by atoms with van der Waals surface area (Å²) >= 11 is 0. The van der Waals surface area contributed by atoms with Crippen molar-refractivity contribution in [2.45, 2.75) is 46.2 Å². The lowest BCUT2D eigenvalue weighted by Crippen LogP contribution is -2.14. The maximum atomic E-state index is 6.02. The third-order valence-electron chi connectivity index (χ3n) is 4.00. The molecule has 0 atom stereocenters. The first-order valence-corrected chi connectivity index (χ1v) is 8.79. The normalized spacial score (nSPS) is 10.6. The standard InChI is InChI=1S/C21H29NO2/c1-4-5-6-13-24-21-19(11-8-12-20(21)23-3)16-22-15-18-10-7-9-17(2)14-18/h7-12,14,22H,4-6,13,15-16H2,1-3H3. The Kier molecular flexibility index (Phi) is 7.63. The predicted molar refractivity (Wildman–Crippen MR) is 99.7 cm³/mol. The van der Waals surface area contributed by atoms with Crippen LogP contribution in [0.25, 0.3) is 0 Å². The van der Waals surface area contributed by atoms with Crippen LogP contribution >= 0.6 is 0 Å². The molecular formula is C21H29NO2. The Morgan fingerprint density at radius 1 is 1.00 bits per heavy atom. The van der Waals surface area contributed by atoms with Crippen molar-refractivity contribution in [1.82, 2.24) is 5.32 Å². The minimum Gasteiger partial charge on any atom is -0.493 e. The topological polar surface area (TPSA) is 30.5 Å². The molecule has 0 unspecified atom stereocenters. The van der Waals surface area contributed by atoms with E-state index in [1.165, 1.54) is 24.0 Å². The monoisotopic (exact) mass is 327 g/mol. The highest BCUT2D eigenvalue weighted by Gasteiger charge is 2.10. The van der Waals surface area contributed by atoms with E-state index in [2.05, 4.69) is 49.5 Å². The molecule has 0 amide bonds. The Labute approximate surface area is 146 Å². The van der Waals surface area contributed by atoms with Gasteiger partial charge in [0.2, 0.25) is 0 Å². The molecule has 0 aliphatic rings. The Morgan fingerprint density at radius 2 is 1.83 bits per heavy atom. The van der Waals surface area contributed by atoms with Crippen molar-refractivity contribution >= 4 is 0 Å². The molecule has 0 aromatic heterocycles. The first kappa shape index (κ1) is 18.3. The van der Waals surface area contributed by atoms with Crippen molar-refractivity contribution in [1.29, 1.82) is 0 Å². The van der Waals surface area contributed by atoms with Gasteiger partial charge in [0, 0.05) is 18.7 Å². The van der Waals surface area contributed by atoms with E-state index in [-0.39, 0.29) is 0 Å². The molecule has 0 fully saturated rings. The lowest BCUT2D eigenvalue weighted by Gasteiger charge is -2.15. The summed E-state index contributed by atoms with van der Waals surface area (Å²) in [6.07, 6.45) is 3.46. The number of ether oxygens (including phenoxy) is 2. The van der Waals surface area contributed by atoms with E-state index in [1.807, 2.05) is 12.1 Å². The van der Waals surface area contributed by atoms with Crippen LogP contribution in [-0.4, -0.2) is 13.7 Å². The molecule has 2 rings (SSSR count). The van der Waals surface area contributed by atoms with Gasteiger partial charge in [0.25, 0.3) is 0 Å². The number of rotatable bonds is 10. The fourth-order valence-electron chi connectivity index (χ4n) is 2.71. The Morgan fingerprint density at radius 3 is 2.58 bits per heavy atom. The first-order valence-electron chi connectivity index (χ1n) is 8.79. The van der Waals surface area contributed by atoms with E-state index >= 15 is 0 Å². The second-order valence-electron chi connectivity index (χ2n) is 6.10. The van der Waals surface area contributed by atoms with Gasteiger partial charge >= 0.3 is 0 Å². The minimum atomic E-state index is 0.735. The summed E-state index contributed by atoms with van der Waals surface area (Å²) in [5.41, 5.74) is 3.72. The molecule has 0 aliphatic carbocycles. The summed E-state index contributed by atoms with van der Waals surface area (Å²) in [6, 6.07) is 14.6. The van der Waals surface area contributed by atoms with Crippen molar-refractivity contribution in [3.8, 4) is 11.5 Å². The maximum absolute atomic E-state index is 6.02. The summed E-state index contributed by atoms with van der Waals surface area (Å²) < 4.78 is 11.5. The van der Waals surface area contributed by atoms with Crippen LogP contribution in [0.15, 0.2) is 42.5 Å². The number of hydrogen-bond donors (Lipinski definition) is 1. The van der Waals surface area contributed by atoms with Crippen LogP contribution in [0.3, 0.4) is 0 Å². The highest BCUT2D eigenvalue weighted by atomic mass is 16.5. The molecule has 24 heavy (non-hydrogen) atoms. The molecule has 0 bridgehead atoms. The Bertz CT molecular complexity index is 625. The van der Waals surface area contributed by atoms with Crippen LogP contribution in [0.1, 0.15) is 42.9 Å². The van der Waals surface area contributed by atoms with Crippen molar-refractivity contribution in [3.05, 3.63) is 59.2 Å². The van der Waals surface area contributed by atoms with Gasteiger partial charge in [-0.2, -0.15) is 0 Å². The zero-order chi connectivity index (χ0) is 17.2. The number of aryl methyl sites for hydroxylation is 1. The van der Waals surface area contributed by atoms with Crippen LogP contribution in [0, 0.1) is 6.92 Å². The van der Waals surface area contributed by atoms with Gasteiger partial charge in [-0.1, -0.05) is 61.7 Å². The second-order valence-corrected chi connectivity index (χ2v) is 6.10. The average Bonchev–Trinajstić information content (AvgIpc) is 2.59. The van der Waals surface area contributed by atoms with E-state index in [4.69, 9.17) is 9.47 Å². The van der Waals surface area contributed by atoms with Crippen molar-refractivity contribution in [3.63, 3.8) is 0 Å². The molecule has 130 valence electrons. The van der Waals surface area contributed by atoms with Gasteiger partial charge < -0.3 is 14.8 Å². The maximum Gasteiger partial charge on any atom is 0.165 e. The van der Waals surface area contributed by atoms with Gasteiger partial charge in [-0.05, 0) is 25.0 Å². The van der Waals surface area contributed by atoms with Crippen LogP contribution in [0.4, 0.5) is 0 Å². The van der Waals surface area contributed by atoms with Gasteiger partial charge in [0.15, 0.2) is 11.5 Å². The molecule has 3 heteroatoms. The molecule has 0 radical (unpaired) electrons. The molecule has 3 nitrogen and oxygen atoms in total. The number of benzene rings is 2. The molecule has 0 saturated heterocycles. The Balaban J connectivity index is 1.97. The van der Waals surface area contributed by atoms with Crippen molar-refractivity contribution in [2.75, 3.05) is 13.7 Å². The quantitative estimate of drug-likeness (QED) is 0.632. The lowest BCUT2D eigenvalue weighted by atomic mass is 10.1. The van der Waals surface area contributed by atoms with E-state index in [0.717, 1.165) is 43.2 Å². The average molecular weight is 327 g/mol. The number of nitrogens with one attached hydrogen (secondary N) is 1. The molecule has 0 aliphatic heterocycles. The third-order valence-corrected chi connectivity index (χ3v) is 4.00. The van der Waals surface area contributed by atoms with Crippen molar-refractivity contribution < 1.29 is 9.47 Å². The highest BCUT2D eigenvalue weighted by Crippen LogP contribution is 2.31. The number of unbranched alkanes of at least 4 members (excludes halogenated alkanes) is 2. The number of para-hydroxylation sites is 1. The summed E-state index contributed by atoms with van der Waals surface area (Å²) in [5.74, 6) is 1.68. The lowest BCUT2D eigenvalue weighted by molar-refractivity contribution is 0.282. The van der Waals surface area contributed by atoms with Gasteiger partial charge in [0.05, 0.1) is 13.7 Å². The molecular weight excluding hydrogens is 298 g/mol. The molecule has 1 N–H and O–H groups in total. The van der Waals surface area contributed by atoms with Crippen LogP contribution in [0.2, 0.25) is 0 Å². The largest absolute Gasteiger partial charge is 0.493 e. The second kappa shape index (κ2) is 9.99. The zero-order valence-electron chi connectivity index (χ0n) is 15.1. The van der Waals surface area contributed by atoms with E-state index < -0.39 is 0 Å². The van der Waals surface area contributed by atoms with E-state index in [9.17, 15) is 0 Å². The van der Waals surface area contributed by atoms with Gasteiger partial charge in [-0.25, -0.2) is 0 Å². The molecule has 2 aromatic rings. The van der Waals surface area contributed by atoms with Gasteiger partial charge in [-0.3, -0.25) is 0 Å². The SMILES string of the molecule is CCCCCOc1c(CNCc2cccc(C)c2)cccc1OC. The molecule has 0 saturated carbocycles. The van der Waals surface area contributed by atoms with Gasteiger partial charge in [-0.15, -0.1) is 0 Å². The predicted octanol–water partition coefficient (Wildman–Crippen LogP) is 4.86. The summed E-state index contributed by atoms with van der Waals surface area (Å²) in [4.78, 5) is 0. The number of methoxy groups -OCH3 is 1. The first-order chi connectivity index (χ1) is 11.7. The molecule has 0 spiro atoms. The summed E-state index contributed by atoms with van der Waals surface area (Å²) in [6.45, 7) is 6.65. The van der Waals surface area contributed by atoms with Crippen LogP contribution in [-0.2, 0) is 13.1 Å². The number of hydrogen-bond acceptors (Lipinski definition) is 3. The summed E-state index contributed by atoms with van der Waals surface area (Å²) in [5, 5.41) is 3.50. The molecule has 2 aromatic carbocycles. The Hall–Kier alpha value is -2.00. The van der Waals surface area contributed by atoms with E-state index in [1.54, 1.807) is 7.11 Å². The smallest absolute Gasteiger partial charge is 0.165 e. The highest BCUT2D eigenvalue weighted by molar-refractivity contribution is 5.46.